The van der Waals surface area contributed by atoms with E-state index >= 15 is 0 Å². The van der Waals surface area contributed by atoms with Crippen LogP contribution in [0.25, 0.3) is 0 Å². The molecule has 1 fully saturated rings. The zero-order chi connectivity index (χ0) is 9.68. The second kappa shape index (κ2) is 5.54. The van der Waals surface area contributed by atoms with E-state index in [0.29, 0.717) is 0 Å². The van der Waals surface area contributed by atoms with Crippen LogP contribution in [0, 0.1) is 17.2 Å². The third kappa shape index (κ3) is 3.60. The fourth-order valence-electron chi connectivity index (χ4n) is 1.95. The molecule has 3 atom stereocenters. The Hall–Kier alpha value is -0.160. The molecule has 1 rings (SSSR count). The van der Waals surface area contributed by atoms with Crippen molar-refractivity contribution in [2.45, 2.75) is 56.5 Å². The Kier molecular flexibility index (Phi) is 4.66. The third-order valence-corrected chi connectivity index (χ3v) is 4.34. The van der Waals surface area contributed by atoms with Gasteiger partial charge in [0.1, 0.15) is 0 Å². The molecule has 1 saturated carbocycles. The molecule has 1 aliphatic rings. The molecule has 74 valence electrons. The second-order valence-electron chi connectivity index (χ2n) is 4.06. The van der Waals surface area contributed by atoms with Gasteiger partial charge in [0.05, 0.1) is 11.3 Å². The highest BCUT2D eigenvalue weighted by Gasteiger charge is 2.21. The summed E-state index contributed by atoms with van der Waals surface area (Å²) >= 11 is 1.91. The quantitative estimate of drug-likeness (QED) is 0.690. The van der Waals surface area contributed by atoms with Crippen molar-refractivity contribution < 1.29 is 0 Å². The Morgan fingerprint density at radius 1 is 1.54 bits per heavy atom. The largest absolute Gasteiger partial charge is 0.197 e. The number of thioether (sulfide) groups is 1. The minimum absolute atomic E-state index is 0.232. The van der Waals surface area contributed by atoms with Gasteiger partial charge in [-0.05, 0) is 25.2 Å². The summed E-state index contributed by atoms with van der Waals surface area (Å²) in [6.07, 6.45) is 6.39. The summed E-state index contributed by atoms with van der Waals surface area (Å²) in [4.78, 5) is 0. The maximum absolute atomic E-state index is 8.85. The maximum atomic E-state index is 8.85. The summed E-state index contributed by atoms with van der Waals surface area (Å²) in [7, 11) is 0. The van der Waals surface area contributed by atoms with E-state index in [-0.39, 0.29) is 5.25 Å². The van der Waals surface area contributed by atoms with Crippen molar-refractivity contribution in [1.82, 2.24) is 0 Å². The smallest absolute Gasteiger partial charge is 0.0916 e. The summed E-state index contributed by atoms with van der Waals surface area (Å²) in [5.74, 6) is 0.877. The second-order valence-corrected chi connectivity index (χ2v) is 5.56. The van der Waals surface area contributed by atoms with E-state index in [2.05, 4.69) is 19.9 Å². The molecule has 0 aliphatic heterocycles. The zero-order valence-corrected chi connectivity index (χ0v) is 9.44. The van der Waals surface area contributed by atoms with E-state index in [1.54, 1.807) is 0 Å². The van der Waals surface area contributed by atoms with Gasteiger partial charge in [-0.15, -0.1) is 11.8 Å². The normalized spacial score (nSPS) is 30.8. The highest BCUT2D eigenvalue weighted by atomic mass is 32.2. The lowest BCUT2D eigenvalue weighted by atomic mass is 9.91. The van der Waals surface area contributed by atoms with Gasteiger partial charge in [-0.2, -0.15) is 5.26 Å². The van der Waals surface area contributed by atoms with Crippen LogP contribution in [0.15, 0.2) is 0 Å². The molecule has 0 spiro atoms. The monoisotopic (exact) mass is 197 g/mol. The van der Waals surface area contributed by atoms with Crippen LogP contribution in [-0.4, -0.2) is 10.5 Å². The average molecular weight is 197 g/mol. The Labute approximate surface area is 85.9 Å². The molecule has 0 heterocycles. The number of nitriles is 1. The van der Waals surface area contributed by atoms with Crippen molar-refractivity contribution in [1.29, 1.82) is 5.26 Å². The van der Waals surface area contributed by atoms with Gasteiger partial charge in [0.2, 0.25) is 0 Å². The van der Waals surface area contributed by atoms with Gasteiger partial charge in [-0.3, -0.25) is 0 Å². The molecule has 3 unspecified atom stereocenters. The Bertz CT molecular complexity index is 185. The van der Waals surface area contributed by atoms with Gasteiger partial charge < -0.3 is 0 Å². The van der Waals surface area contributed by atoms with Crippen LogP contribution in [0.1, 0.15) is 46.0 Å². The Balaban J connectivity index is 2.31. The van der Waals surface area contributed by atoms with Crippen LogP contribution in [0.2, 0.25) is 0 Å². The van der Waals surface area contributed by atoms with Crippen LogP contribution < -0.4 is 0 Å². The molecular formula is C11H19NS. The fraction of sp³-hybridized carbons (Fsp3) is 0.909. The molecular weight excluding hydrogens is 178 g/mol. The van der Waals surface area contributed by atoms with Gasteiger partial charge in [-0.1, -0.05) is 26.7 Å². The van der Waals surface area contributed by atoms with E-state index in [1.165, 1.54) is 25.7 Å². The Morgan fingerprint density at radius 2 is 2.31 bits per heavy atom. The molecule has 0 aromatic heterocycles. The lowest BCUT2D eigenvalue weighted by Crippen LogP contribution is -2.17. The molecule has 0 aromatic carbocycles. The van der Waals surface area contributed by atoms with E-state index in [4.69, 9.17) is 5.26 Å². The number of nitrogens with zero attached hydrogens (tertiary/aromatic N) is 1. The highest BCUT2D eigenvalue weighted by molar-refractivity contribution is 8.00. The minimum Gasteiger partial charge on any atom is -0.197 e. The van der Waals surface area contributed by atoms with Crippen molar-refractivity contribution in [2.24, 2.45) is 5.92 Å². The van der Waals surface area contributed by atoms with Crippen LogP contribution in [0.5, 0.6) is 0 Å². The van der Waals surface area contributed by atoms with E-state index in [1.807, 2.05) is 11.8 Å². The molecule has 0 radical (unpaired) electrons. The minimum atomic E-state index is 0.232. The van der Waals surface area contributed by atoms with Crippen molar-refractivity contribution >= 4 is 11.8 Å². The SMILES string of the molecule is CCC(C#N)SC1CCCC(C)C1. The molecule has 2 heteroatoms. The van der Waals surface area contributed by atoms with Crippen LogP contribution in [-0.2, 0) is 0 Å². The third-order valence-electron chi connectivity index (χ3n) is 2.76. The van der Waals surface area contributed by atoms with Gasteiger partial charge >= 0.3 is 0 Å². The van der Waals surface area contributed by atoms with Crippen LogP contribution >= 0.6 is 11.8 Å². The topological polar surface area (TPSA) is 23.8 Å². The first kappa shape index (κ1) is 10.9. The van der Waals surface area contributed by atoms with Gasteiger partial charge in [0.25, 0.3) is 0 Å². The van der Waals surface area contributed by atoms with E-state index in [9.17, 15) is 0 Å². The van der Waals surface area contributed by atoms with Crippen molar-refractivity contribution in [2.75, 3.05) is 0 Å². The first-order valence-corrected chi connectivity index (χ1v) is 6.25. The molecule has 1 nitrogen and oxygen atoms in total. The van der Waals surface area contributed by atoms with Gasteiger partial charge in [-0.25, -0.2) is 0 Å². The summed E-state index contributed by atoms with van der Waals surface area (Å²) in [6, 6.07) is 2.38. The summed E-state index contributed by atoms with van der Waals surface area (Å²) in [5.41, 5.74) is 0. The van der Waals surface area contributed by atoms with E-state index < -0.39 is 0 Å². The lowest BCUT2D eigenvalue weighted by molar-refractivity contribution is 0.394. The van der Waals surface area contributed by atoms with Crippen molar-refractivity contribution in [3.05, 3.63) is 0 Å². The van der Waals surface area contributed by atoms with Crippen LogP contribution in [0.3, 0.4) is 0 Å². The number of hydrogen-bond acceptors (Lipinski definition) is 2. The van der Waals surface area contributed by atoms with Gasteiger partial charge in [0.15, 0.2) is 0 Å². The molecule has 0 saturated heterocycles. The summed E-state index contributed by atoms with van der Waals surface area (Å²) in [5, 5.41) is 9.84. The number of hydrogen-bond donors (Lipinski definition) is 0. The summed E-state index contributed by atoms with van der Waals surface area (Å²) in [6.45, 7) is 4.44. The lowest BCUT2D eigenvalue weighted by Gasteiger charge is -2.27. The molecule has 0 amide bonds. The van der Waals surface area contributed by atoms with Gasteiger partial charge in [0, 0.05) is 5.25 Å². The predicted molar refractivity (Wildman–Crippen MR) is 58.7 cm³/mol. The molecule has 1 aliphatic carbocycles. The number of rotatable bonds is 3. The molecule has 13 heavy (non-hydrogen) atoms. The Morgan fingerprint density at radius 3 is 2.85 bits per heavy atom. The first-order valence-electron chi connectivity index (χ1n) is 5.31. The first-order chi connectivity index (χ1) is 6.26. The average Bonchev–Trinajstić information content (AvgIpc) is 2.14. The predicted octanol–water partition coefficient (Wildman–Crippen LogP) is 3.60. The molecule has 0 bridgehead atoms. The van der Waals surface area contributed by atoms with Crippen LogP contribution in [0.4, 0.5) is 0 Å². The maximum Gasteiger partial charge on any atom is 0.0916 e. The summed E-state index contributed by atoms with van der Waals surface area (Å²) < 4.78 is 0. The van der Waals surface area contributed by atoms with Crippen molar-refractivity contribution in [3.63, 3.8) is 0 Å². The highest BCUT2D eigenvalue weighted by Crippen LogP contribution is 2.34. The molecule has 0 N–H and O–H groups in total. The standard InChI is InChI=1S/C11H19NS/c1-3-10(8-12)13-11-6-4-5-9(2)7-11/h9-11H,3-7H2,1-2H3. The molecule has 0 aromatic rings. The van der Waals surface area contributed by atoms with E-state index in [0.717, 1.165) is 17.6 Å². The fourth-order valence-corrected chi connectivity index (χ4v) is 3.41. The zero-order valence-electron chi connectivity index (χ0n) is 8.62. The van der Waals surface area contributed by atoms with Crippen molar-refractivity contribution in [3.8, 4) is 6.07 Å².